The van der Waals surface area contributed by atoms with Crippen LogP contribution in [0.1, 0.15) is 38.3 Å². The van der Waals surface area contributed by atoms with Crippen molar-refractivity contribution in [3.63, 3.8) is 0 Å². The molecule has 4 heteroatoms. The van der Waals surface area contributed by atoms with Crippen LogP contribution in [0, 0.1) is 11.7 Å². The highest BCUT2D eigenvalue weighted by Gasteiger charge is 2.27. The van der Waals surface area contributed by atoms with Crippen LogP contribution in [-0.2, 0) is 0 Å². The molecule has 2 unspecified atom stereocenters. The summed E-state index contributed by atoms with van der Waals surface area (Å²) in [5.74, 6) is 0.332. The van der Waals surface area contributed by atoms with E-state index in [0.717, 1.165) is 43.7 Å². The minimum atomic E-state index is -0.142. The summed E-state index contributed by atoms with van der Waals surface area (Å²) >= 11 is 0. The lowest BCUT2D eigenvalue weighted by Gasteiger charge is -2.26. The van der Waals surface area contributed by atoms with Crippen LogP contribution < -0.4 is 10.2 Å². The highest BCUT2D eigenvalue weighted by Crippen LogP contribution is 2.33. The van der Waals surface area contributed by atoms with Crippen LogP contribution in [0.5, 0.6) is 0 Å². The molecule has 2 atom stereocenters. The fraction of sp³-hybridized carbons (Fsp3) is 0.625. The molecule has 0 aromatic heterocycles. The summed E-state index contributed by atoms with van der Waals surface area (Å²) < 4.78 is 14.3. The number of hydrogen-bond donors (Lipinski definition) is 2. The molecule has 112 valence electrons. The van der Waals surface area contributed by atoms with Crippen molar-refractivity contribution in [3.8, 4) is 0 Å². The number of nitrogens with zero attached hydrogens (tertiary/aromatic N) is 1. The predicted molar refractivity (Wildman–Crippen MR) is 80.5 cm³/mol. The molecule has 1 aliphatic heterocycles. The van der Waals surface area contributed by atoms with Crippen LogP contribution in [0.2, 0.25) is 0 Å². The van der Waals surface area contributed by atoms with Gasteiger partial charge in [0.1, 0.15) is 5.82 Å². The normalized spacial score (nSPS) is 20.4. The van der Waals surface area contributed by atoms with E-state index in [1.54, 1.807) is 6.07 Å². The van der Waals surface area contributed by atoms with E-state index in [-0.39, 0.29) is 18.5 Å². The first-order valence-electron chi connectivity index (χ1n) is 7.55. The molecule has 2 rings (SSSR count). The van der Waals surface area contributed by atoms with Crippen LogP contribution in [-0.4, -0.2) is 31.3 Å². The number of aliphatic hydroxyl groups is 1. The molecule has 0 bridgehead atoms. The third kappa shape index (κ3) is 3.30. The van der Waals surface area contributed by atoms with Crippen LogP contribution >= 0.6 is 0 Å². The maximum atomic E-state index is 14.3. The fourth-order valence-corrected chi connectivity index (χ4v) is 3.09. The fourth-order valence-electron chi connectivity index (χ4n) is 3.09. The maximum Gasteiger partial charge on any atom is 0.146 e. The van der Waals surface area contributed by atoms with Crippen molar-refractivity contribution >= 4 is 5.69 Å². The van der Waals surface area contributed by atoms with E-state index in [9.17, 15) is 4.39 Å². The van der Waals surface area contributed by atoms with E-state index in [2.05, 4.69) is 24.1 Å². The highest BCUT2D eigenvalue weighted by atomic mass is 19.1. The average Bonchev–Trinajstić information content (AvgIpc) is 2.87. The molecule has 20 heavy (non-hydrogen) atoms. The maximum absolute atomic E-state index is 14.3. The van der Waals surface area contributed by atoms with Crippen molar-refractivity contribution < 1.29 is 9.50 Å². The van der Waals surface area contributed by atoms with E-state index in [4.69, 9.17) is 5.11 Å². The first-order valence-corrected chi connectivity index (χ1v) is 7.55. The Balaban J connectivity index is 2.22. The zero-order valence-electron chi connectivity index (χ0n) is 12.4. The van der Waals surface area contributed by atoms with E-state index in [1.807, 2.05) is 6.07 Å². The number of para-hydroxylation sites is 1. The number of hydrogen-bond acceptors (Lipinski definition) is 3. The Hall–Kier alpha value is -1.13. The lowest BCUT2D eigenvalue weighted by molar-refractivity contribution is 0.263. The molecule has 1 aromatic carbocycles. The molecule has 1 heterocycles. The highest BCUT2D eigenvalue weighted by molar-refractivity contribution is 5.57. The zero-order valence-corrected chi connectivity index (χ0v) is 12.4. The minimum Gasteiger partial charge on any atom is -0.396 e. The van der Waals surface area contributed by atoms with E-state index < -0.39 is 0 Å². The molecular weight excluding hydrogens is 255 g/mol. The summed E-state index contributed by atoms with van der Waals surface area (Å²) in [5, 5.41) is 12.4. The minimum absolute atomic E-state index is 0.141. The Morgan fingerprint density at radius 1 is 1.50 bits per heavy atom. The Labute approximate surface area is 120 Å². The molecule has 1 saturated heterocycles. The van der Waals surface area contributed by atoms with E-state index in [1.165, 1.54) is 6.07 Å². The summed E-state index contributed by atoms with van der Waals surface area (Å²) in [7, 11) is 0. The quantitative estimate of drug-likeness (QED) is 0.841. The largest absolute Gasteiger partial charge is 0.396 e. The van der Waals surface area contributed by atoms with Gasteiger partial charge in [-0.25, -0.2) is 4.39 Å². The van der Waals surface area contributed by atoms with Crippen LogP contribution in [0.4, 0.5) is 10.1 Å². The third-order valence-electron chi connectivity index (χ3n) is 4.13. The van der Waals surface area contributed by atoms with Gasteiger partial charge in [-0.1, -0.05) is 19.1 Å². The van der Waals surface area contributed by atoms with Crippen molar-refractivity contribution in [2.75, 3.05) is 31.1 Å². The zero-order chi connectivity index (χ0) is 14.5. The molecule has 0 saturated carbocycles. The second-order valence-corrected chi connectivity index (χ2v) is 5.57. The number of aliphatic hydroxyl groups excluding tert-OH is 1. The van der Waals surface area contributed by atoms with Gasteiger partial charge in [0.2, 0.25) is 0 Å². The van der Waals surface area contributed by atoms with Crippen molar-refractivity contribution in [1.29, 1.82) is 0 Å². The van der Waals surface area contributed by atoms with Gasteiger partial charge in [0.15, 0.2) is 0 Å². The monoisotopic (exact) mass is 280 g/mol. The lowest BCUT2D eigenvalue weighted by atomic mass is 10.0. The van der Waals surface area contributed by atoms with Gasteiger partial charge in [-0.15, -0.1) is 0 Å². The molecule has 0 aliphatic carbocycles. The Kier molecular flexibility index (Phi) is 5.38. The standard InChI is InChI=1S/C16H25FN2O/c1-3-18-12(2)14-5-4-6-15(17)16(14)19-9-7-13(11-19)8-10-20/h4-6,12-13,18,20H,3,7-11H2,1-2H3. The van der Waals surface area contributed by atoms with Gasteiger partial charge in [-0.2, -0.15) is 0 Å². The first kappa shape index (κ1) is 15.3. The molecule has 1 aliphatic rings. The Morgan fingerprint density at radius 3 is 3.00 bits per heavy atom. The van der Waals surface area contributed by atoms with Gasteiger partial charge in [0, 0.05) is 25.7 Å². The van der Waals surface area contributed by atoms with Crippen molar-refractivity contribution in [1.82, 2.24) is 5.32 Å². The summed E-state index contributed by atoms with van der Waals surface area (Å²) in [6.07, 6.45) is 1.84. The first-order chi connectivity index (χ1) is 9.67. The molecule has 2 N–H and O–H groups in total. The van der Waals surface area contributed by atoms with Crippen LogP contribution in [0.15, 0.2) is 18.2 Å². The summed E-state index contributed by atoms with van der Waals surface area (Å²) in [6.45, 7) is 6.93. The second-order valence-electron chi connectivity index (χ2n) is 5.57. The average molecular weight is 280 g/mol. The van der Waals surface area contributed by atoms with Gasteiger partial charge in [-0.3, -0.25) is 0 Å². The van der Waals surface area contributed by atoms with Crippen molar-refractivity contribution in [3.05, 3.63) is 29.6 Å². The van der Waals surface area contributed by atoms with Gasteiger partial charge in [-0.05, 0) is 43.9 Å². The van der Waals surface area contributed by atoms with Gasteiger partial charge >= 0.3 is 0 Å². The molecule has 1 aromatic rings. The summed E-state index contributed by atoms with van der Waals surface area (Å²) in [6, 6.07) is 5.47. The number of rotatable bonds is 6. The summed E-state index contributed by atoms with van der Waals surface area (Å²) in [4.78, 5) is 2.14. The van der Waals surface area contributed by atoms with Gasteiger partial charge < -0.3 is 15.3 Å². The smallest absolute Gasteiger partial charge is 0.146 e. The lowest BCUT2D eigenvalue weighted by Crippen LogP contribution is -2.26. The SMILES string of the molecule is CCNC(C)c1cccc(F)c1N1CCC(CCO)C1. The van der Waals surface area contributed by atoms with E-state index >= 15 is 0 Å². The third-order valence-corrected chi connectivity index (χ3v) is 4.13. The van der Waals surface area contributed by atoms with Crippen molar-refractivity contribution in [2.24, 2.45) is 5.92 Å². The Morgan fingerprint density at radius 2 is 2.30 bits per heavy atom. The van der Waals surface area contributed by atoms with Gasteiger partial charge in [0.25, 0.3) is 0 Å². The van der Waals surface area contributed by atoms with Gasteiger partial charge in [0.05, 0.1) is 5.69 Å². The number of benzene rings is 1. The van der Waals surface area contributed by atoms with Crippen LogP contribution in [0.3, 0.4) is 0 Å². The molecule has 0 amide bonds. The molecule has 0 spiro atoms. The number of nitrogens with one attached hydrogen (secondary N) is 1. The molecule has 3 nitrogen and oxygen atoms in total. The molecule has 1 fully saturated rings. The molecular formula is C16H25FN2O. The second kappa shape index (κ2) is 7.04. The summed E-state index contributed by atoms with van der Waals surface area (Å²) in [5.41, 5.74) is 1.76. The van der Waals surface area contributed by atoms with Crippen LogP contribution in [0.25, 0.3) is 0 Å². The predicted octanol–water partition coefficient (Wildman–Crippen LogP) is 2.70. The number of halogens is 1. The van der Waals surface area contributed by atoms with Crippen molar-refractivity contribution in [2.45, 2.75) is 32.7 Å². The van der Waals surface area contributed by atoms with E-state index in [0.29, 0.717) is 5.92 Å². The number of anilines is 1. The molecule has 0 radical (unpaired) electrons. The topological polar surface area (TPSA) is 35.5 Å². The Bertz CT molecular complexity index is 438.